The number of aryl methyl sites for hydroxylation is 2. The van der Waals surface area contributed by atoms with Crippen molar-refractivity contribution in [3.05, 3.63) is 59.2 Å². The van der Waals surface area contributed by atoms with Crippen LogP contribution in [0.15, 0.2) is 42.5 Å². The van der Waals surface area contributed by atoms with Crippen molar-refractivity contribution in [3.63, 3.8) is 0 Å². The molecule has 0 radical (unpaired) electrons. The van der Waals surface area contributed by atoms with E-state index >= 15 is 0 Å². The van der Waals surface area contributed by atoms with Crippen LogP contribution >= 0.6 is 0 Å². The van der Waals surface area contributed by atoms with Gasteiger partial charge in [0.05, 0.1) is 18.5 Å². The zero-order valence-electron chi connectivity index (χ0n) is 17.0. The van der Waals surface area contributed by atoms with Crippen LogP contribution in [-0.2, 0) is 14.8 Å². The first kappa shape index (κ1) is 21.8. The fourth-order valence-corrected chi connectivity index (χ4v) is 4.04. The highest BCUT2D eigenvalue weighted by molar-refractivity contribution is 7.92. The molecule has 0 saturated heterocycles. The van der Waals surface area contributed by atoms with Crippen molar-refractivity contribution in [2.75, 3.05) is 23.7 Å². The average molecular weight is 405 g/mol. The number of anilines is 1. The van der Waals surface area contributed by atoms with Crippen molar-refractivity contribution < 1.29 is 17.9 Å². The van der Waals surface area contributed by atoms with Crippen LogP contribution in [0.1, 0.15) is 23.6 Å². The highest BCUT2D eigenvalue weighted by Crippen LogP contribution is 2.22. The Labute approximate surface area is 167 Å². The summed E-state index contributed by atoms with van der Waals surface area (Å²) in [7, 11) is -3.62. The maximum atomic E-state index is 12.5. The number of amides is 1. The lowest BCUT2D eigenvalue weighted by molar-refractivity contribution is -0.121. The Kier molecular flexibility index (Phi) is 7.07. The summed E-state index contributed by atoms with van der Waals surface area (Å²) in [5.74, 6) is 0.398. The predicted octanol–water partition coefficient (Wildman–Crippen LogP) is 2.96. The summed E-state index contributed by atoms with van der Waals surface area (Å²) in [4.78, 5) is 12.5. The van der Waals surface area contributed by atoms with Gasteiger partial charge in [0.2, 0.25) is 15.9 Å². The van der Waals surface area contributed by atoms with Gasteiger partial charge in [0, 0.05) is 0 Å². The number of carbonyl (C=O) groups excluding carboxylic acids is 1. The molecule has 0 saturated carbocycles. The largest absolute Gasteiger partial charge is 0.491 e. The smallest absolute Gasteiger partial charge is 0.243 e. The third kappa shape index (κ3) is 5.48. The monoisotopic (exact) mass is 404 g/mol. The molecule has 7 heteroatoms. The zero-order chi connectivity index (χ0) is 20.9. The summed E-state index contributed by atoms with van der Waals surface area (Å²) in [6, 6.07) is 12.0. The first-order valence-electron chi connectivity index (χ1n) is 9.14. The second-order valence-electron chi connectivity index (χ2n) is 6.91. The van der Waals surface area contributed by atoms with E-state index in [0.29, 0.717) is 12.3 Å². The summed E-state index contributed by atoms with van der Waals surface area (Å²) < 4.78 is 31.4. The first-order valence-corrected chi connectivity index (χ1v) is 11.0. The molecule has 0 fully saturated rings. The molecule has 28 heavy (non-hydrogen) atoms. The number of benzene rings is 2. The molecule has 1 atom stereocenters. The van der Waals surface area contributed by atoms with Crippen LogP contribution in [0.25, 0.3) is 0 Å². The van der Waals surface area contributed by atoms with Gasteiger partial charge in [-0.3, -0.25) is 9.10 Å². The summed E-state index contributed by atoms with van der Waals surface area (Å²) in [5, 5.41) is 2.75. The fourth-order valence-electron chi connectivity index (χ4n) is 2.86. The number of sulfonamides is 1. The van der Waals surface area contributed by atoms with Crippen molar-refractivity contribution in [1.82, 2.24) is 5.32 Å². The number of carbonyl (C=O) groups is 1. The maximum Gasteiger partial charge on any atom is 0.243 e. The molecule has 0 bridgehead atoms. The molecule has 1 amide bonds. The Bertz CT molecular complexity index is 924. The van der Waals surface area contributed by atoms with Crippen molar-refractivity contribution in [2.45, 2.75) is 33.7 Å². The maximum absolute atomic E-state index is 12.5. The Morgan fingerprint density at radius 2 is 1.75 bits per heavy atom. The third-order valence-electron chi connectivity index (χ3n) is 4.59. The van der Waals surface area contributed by atoms with Crippen molar-refractivity contribution in [1.29, 1.82) is 0 Å². The zero-order valence-corrected chi connectivity index (χ0v) is 17.8. The molecule has 2 aromatic carbocycles. The van der Waals surface area contributed by atoms with E-state index < -0.39 is 16.1 Å². The predicted molar refractivity (Wildman–Crippen MR) is 112 cm³/mol. The van der Waals surface area contributed by atoms with Gasteiger partial charge in [0.15, 0.2) is 0 Å². The van der Waals surface area contributed by atoms with E-state index in [9.17, 15) is 13.2 Å². The Morgan fingerprint density at radius 1 is 1.11 bits per heavy atom. The van der Waals surface area contributed by atoms with Crippen LogP contribution in [0.3, 0.4) is 0 Å². The second kappa shape index (κ2) is 9.10. The molecule has 0 spiro atoms. The van der Waals surface area contributed by atoms with Gasteiger partial charge in [-0.2, -0.15) is 0 Å². The molecular weight excluding hydrogens is 376 g/mol. The molecule has 2 aromatic rings. The van der Waals surface area contributed by atoms with Gasteiger partial charge in [-0.15, -0.1) is 0 Å². The number of nitrogens with one attached hydrogen (secondary N) is 1. The molecule has 0 aliphatic rings. The molecule has 1 N–H and O–H groups in total. The average Bonchev–Trinajstić information content (AvgIpc) is 2.62. The fraction of sp³-hybridized carbons (Fsp3) is 0.381. The van der Waals surface area contributed by atoms with Crippen LogP contribution in [0, 0.1) is 20.8 Å². The van der Waals surface area contributed by atoms with Gasteiger partial charge in [0.1, 0.15) is 18.4 Å². The van der Waals surface area contributed by atoms with Gasteiger partial charge >= 0.3 is 0 Å². The second-order valence-corrected chi connectivity index (χ2v) is 8.77. The van der Waals surface area contributed by atoms with Gasteiger partial charge in [-0.05, 0) is 57.0 Å². The van der Waals surface area contributed by atoms with E-state index in [0.717, 1.165) is 33.0 Å². The lowest BCUT2D eigenvalue weighted by Gasteiger charge is -2.28. The van der Waals surface area contributed by atoms with E-state index in [2.05, 4.69) is 5.32 Å². The van der Waals surface area contributed by atoms with Gasteiger partial charge in [-0.25, -0.2) is 8.42 Å². The minimum absolute atomic E-state index is 0.280. The Balaban J connectivity index is 1.99. The molecule has 0 aliphatic carbocycles. The van der Waals surface area contributed by atoms with Gasteiger partial charge in [0.25, 0.3) is 0 Å². The summed E-state index contributed by atoms with van der Waals surface area (Å²) in [6.45, 7) is 8.06. The number of hydrogen-bond acceptors (Lipinski definition) is 4. The molecule has 2 rings (SSSR count). The van der Waals surface area contributed by atoms with Crippen LogP contribution < -0.4 is 14.4 Å². The molecule has 0 heterocycles. The standard InChI is InChI=1S/C21H28N2O4S/c1-15-9-11-19(12-10-15)23(28(5,25)26)18(4)21(24)22-13-14-27-20-8-6-7-16(2)17(20)3/h6-12,18H,13-14H2,1-5H3,(H,22,24)/t18-/m0/s1. The highest BCUT2D eigenvalue weighted by Gasteiger charge is 2.28. The van der Waals surface area contributed by atoms with Crippen LogP contribution in [0.4, 0.5) is 5.69 Å². The highest BCUT2D eigenvalue weighted by atomic mass is 32.2. The van der Waals surface area contributed by atoms with E-state index in [4.69, 9.17) is 4.74 Å². The molecule has 0 unspecified atom stereocenters. The first-order chi connectivity index (χ1) is 13.1. The normalized spacial score (nSPS) is 12.3. The SMILES string of the molecule is Cc1ccc(N([C@@H](C)C(=O)NCCOc2cccc(C)c2C)S(C)(=O)=O)cc1. The molecule has 0 aliphatic heterocycles. The van der Waals surface area contributed by atoms with Gasteiger partial charge < -0.3 is 10.1 Å². The molecule has 152 valence electrons. The van der Waals surface area contributed by atoms with Crippen molar-refractivity contribution in [2.24, 2.45) is 0 Å². The number of ether oxygens (including phenoxy) is 1. The number of hydrogen-bond donors (Lipinski definition) is 1. The Morgan fingerprint density at radius 3 is 2.36 bits per heavy atom. The van der Waals surface area contributed by atoms with Crippen molar-refractivity contribution in [3.8, 4) is 5.75 Å². The van der Waals surface area contributed by atoms with Crippen molar-refractivity contribution >= 4 is 21.6 Å². The summed E-state index contributed by atoms with van der Waals surface area (Å²) >= 11 is 0. The van der Waals surface area contributed by atoms with Crippen LogP contribution in [0.5, 0.6) is 5.75 Å². The van der Waals surface area contributed by atoms with Crippen LogP contribution in [0.2, 0.25) is 0 Å². The minimum Gasteiger partial charge on any atom is -0.491 e. The molecule has 0 aromatic heterocycles. The lowest BCUT2D eigenvalue weighted by Crippen LogP contribution is -2.48. The van der Waals surface area contributed by atoms with E-state index in [1.54, 1.807) is 19.1 Å². The lowest BCUT2D eigenvalue weighted by atomic mass is 10.1. The third-order valence-corrected chi connectivity index (χ3v) is 5.83. The Hall–Kier alpha value is -2.54. The topological polar surface area (TPSA) is 75.7 Å². The number of nitrogens with zero attached hydrogens (tertiary/aromatic N) is 1. The van der Waals surface area contributed by atoms with E-state index in [1.165, 1.54) is 0 Å². The molecular formula is C21H28N2O4S. The minimum atomic E-state index is -3.62. The summed E-state index contributed by atoms with van der Waals surface area (Å²) in [5.41, 5.74) is 3.67. The van der Waals surface area contributed by atoms with Gasteiger partial charge in [-0.1, -0.05) is 29.8 Å². The number of rotatable bonds is 8. The van der Waals surface area contributed by atoms with E-state index in [1.807, 2.05) is 51.1 Å². The quantitative estimate of drug-likeness (QED) is 0.687. The molecule has 6 nitrogen and oxygen atoms in total. The van der Waals surface area contributed by atoms with Crippen LogP contribution in [-0.4, -0.2) is 39.8 Å². The van der Waals surface area contributed by atoms with E-state index in [-0.39, 0.29) is 12.5 Å². The summed E-state index contributed by atoms with van der Waals surface area (Å²) in [6.07, 6.45) is 1.10.